The van der Waals surface area contributed by atoms with Crippen molar-refractivity contribution in [1.82, 2.24) is 15.1 Å². The number of carbonyl (C=O) groups excluding carboxylic acids is 1. The predicted molar refractivity (Wildman–Crippen MR) is 71.4 cm³/mol. The van der Waals surface area contributed by atoms with Gasteiger partial charge >= 0.3 is 0 Å². The molecule has 2 saturated heterocycles. The van der Waals surface area contributed by atoms with Gasteiger partial charge in [0.1, 0.15) is 0 Å². The molecule has 18 heavy (non-hydrogen) atoms. The molecule has 0 atom stereocenters. The van der Waals surface area contributed by atoms with Crippen LogP contribution in [0.25, 0.3) is 0 Å². The van der Waals surface area contributed by atoms with Gasteiger partial charge in [0.2, 0.25) is 5.91 Å². The molecule has 3 aliphatic rings. The fraction of sp³-hybridized carbons (Fsp3) is 0.929. The molecule has 0 aromatic carbocycles. The minimum atomic E-state index is -0.0415. The van der Waals surface area contributed by atoms with E-state index < -0.39 is 0 Å². The standard InChI is InChI=1S/C14H25N3O/c1-14(4-2-3-5-14)13(18)17-8-6-16(7-9-17)12-10-15-11-12/h12,15H,2-11H2,1H3. The van der Waals surface area contributed by atoms with E-state index in [1.807, 2.05) is 0 Å². The lowest BCUT2D eigenvalue weighted by molar-refractivity contribution is -0.143. The lowest BCUT2D eigenvalue weighted by Crippen LogP contribution is -2.62. The maximum atomic E-state index is 12.6. The molecule has 3 rings (SSSR count). The van der Waals surface area contributed by atoms with Crippen molar-refractivity contribution in [3.8, 4) is 0 Å². The van der Waals surface area contributed by atoms with E-state index in [0.29, 0.717) is 5.91 Å². The van der Waals surface area contributed by atoms with Gasteiger partial charge in [-0.1, -0.05) is 19.8 Å². The van der Waals surface area contributed by atoms with Crippen LogP contribution in [0.2, 0.25) is 0 Å². The van der Waals surface area contributed by atoms with Gasteiger partial charge < -0.3 is 10.2 Å². The monoisotopic (exact) mass is 251 g/mol. The summed E-state index contributed by atoms with van der Waals surface area (Å²) in [6, 6.07) is 0.726. The molecule has 2 aliphatic heterocycles. The fourth-order valence-electron chi connectivity index (χ4n) is 3.57. The second-order valence-corrected chi connectivity index (χ2v) is 6.41. The van der Waals surface area contributed by atoms with Gasteiger partial charge in [0.15, 0.2) is 0 Å². The number of piperazine rings is 1. The molecular formula is C14H25N3O. The molecule has 0 spiro atoms. The van der Waals surface area contributed by atoms with Gasteiger partial charge in [0.25, 0.3) is 0 Å². The number of rotatable bonds is 2. The largest absolute Gasteiger partial charge is 0.340 e. The molecule has 1 aliphatic carbocycles. The molecular weight excluding hydrogens is 226 g/mol. The van der Waals surface area contributed by atoms with Gasteiger partial charge in [0.05, 0.1) is 0 Å². The summed E-state index contributed by atoms with van der Waals surface area (Å²) in [6.07, 6.45) is 4.66. The smallest absolute Gasteiger partial charge is 0.228 e. The van der Waals surface area contributed by atoms with Crippen LogP contribution < -0.4 is 5.32 Å². The zero-order valence-corrected chi connectivity index (χ0v) is 11.5. The Labute approximate surface area is 110 Å². The number of amides is 1. The van der Waals surface area contributed by atoms with Gasteiger partial charge in [-0.2, -0.15) is 0 Å². The van der Waals surface area contributed by atoms with Crippen molar-refractivity contribution in [3.63, 3.8) is 0 Å². The molecule has 0 aromatic heterocycles. The van der Waals surface area contributed by atoms with Crippen molar-refractivity contribution in [1.29, 1.82) is 0 Å². The first kappa shape index (κ1) is 12.4. The first-order chi connectivity index (χ1) is 8.69. The van der Waals surface area contributed by atoms with E-state index in [2.05, 4.69) is 22.0 Å². The summed E-state index contributed by atoms with van der Waals surface area (Å²) >= 11 is 0. The number of nitrogens with one attached hydrogen (secondary N) is 1. The van der Waals surface area contributed by atoms with Crippen LogP contribution >= 0.6 is 0 Å². The lowest BCUT2D eigenvalue weighted by atomic mass is 9.87. The quantitative estimate of drug-likeness (QED) is 0.784. The van der Waals surface area contributed by atoms with Crippen LogP contribution in [0.3, 0.4) is 0 Å². The summed E-state index contributed by atoms with van der Waals surface area (Å²) in [7, 11) is 0. The Hall–Kier alpha value is -0.610. The van der Waals surface area contributed by atoms with Crippen LogP contribution in [0.4, 0.5) is 0 Å². The molecule has 3 fully saturated rings. The molecule has 0 unspecified atom stereocenters. The van der Waals surface area contributed by atoms with Gasteiger partial charge in [-0.3, -0.25) is 9.69 Å². The van der Waals surface area contributed by atoms with Crippen molar-refractivity contribution < 1.29 is 4.79 Å². The predicted octanol–water partition coefficient (Wildman–Crippen LogP) is 0.683. The fourth-order valence-corrected chi connectivity index (χ4v) is 3.57. The van der Waals surface area contributed by atoms with Crippen LogP contribution in [-0.4, -0.2) is 61.0 Å². The first-order valence-electron chi connectivity index (χ1n) is 7.43. The molecule has 1 saturated carbocycles. The summed E-state index contributed by atoms with van der Waals surface area (Å²) in [5.41, 5.74) is -0.0415. The molecule has 102 valence electrons. The van der Waals surface area contributed by atoms with Gasteiger partial charge in [-0.25, -0.2) is 0 Å². The third kappa shape index (κ3) is 2.16. The highest BCUT2D eigenvalue weighted by Crippen LogP contribution is 2.39. The third-order valence-electron chi connectivity index (χ3n) is 5.10. The van der Waals surface area contributed by atoms with Gasteiger partial charge in [-0.15, -0.1) is 0 Å². The molecule has 1 N–H and O–H groups in total. The molecule has 4 nitrogen and oxygen atoms in total. The molecule has 2 heterocycles. The second-order valence-electron chi connectivity index (χ2n) is 6.41. The van der Waals surface area contributed by atoms with E-state index in [4.69, 9.17) is 0 Å². The Morgan fingerprint density at radius 1 is 1.11 bits per heavy atom. The minimum Gasteiger partial charge on any atom is -0.340 e. The molecule has 4 heteroatoms. The Bertz CT molecular complexity index is 313. The normalized spacial score (nSPS) is 29.3. The maximum Gasteiger partial charge on any atom is 0.228 e. The second kappa shape index (κ2) is 4.82. The Morgan fingerprint density at radius 3 is 2.22 bits per heavy atom. The molecule has 1 amide bonds. The average Bonchev–Trinajstić information content (AvgIpc) is 2.75. The van der Waals surface area contributed by atoms with E-state index in [-0.39, 0.29) is 5.41 Å². The molecule has 0 radical (unpaired) electrons. The number of carbonyl (C=O) groups is 1. The average molecular weight is 251 g/mol. The van der Waals surface area contributed by atoms with Crippen LogP contribution in [0.1, 0.15) is 32.6 Å². The van der Waals surface area contributed by atoms with E-state index in [9.17, 15) is 4.79 Å². The first-order valence-corrected chi connectivity index (χ1v) is 7.43. The van der Waals surface area contributed by atoms with E-state index in [1.165, 1.54) is 12.8 Å². The van der Waals surface area contributed by atoms with Gasteiger partial charge in [0, 0.05) is 50.7 Å². The zero-order valence-electron chi connectivity index (χ0n) is 11.5. The summed E-state index contributed by atoms with van der Waals surface area (Å²) in [5.74, 6) is 0.423. The highest BCUT2D eigenvalue weighted by Gasteiger charge is 2.40. The van der Waals surface area contributed by atoms with E-state index in [0.717, 1.165) is 58.2 Å². The summed E-state index contributed by atoms with van der Waals surface area (Å²) in [6.45, 7) is 8.43. The number of hydrogen-bond donors (Lipinski definition) is 1. The van der Waals surface area contributed by atoms with Crippen molar-refractivity contribution in [2.24, 2.45) is 5.41 Å². The van der Waals surface area contributed by atoms with Gasteiger partial charge in [-0.05, 0) is 12.8 Å². The Kier molecular flexibility index (Phi) is 3.32. The van der Waals surface area contributed by atoms with Crippen LogP contribution in [0.5, 0.6) is 0 Å². The van der Waals surface area contributed by atoms with Crippen molar-refractivity contribution in [2.75, 3.05) is 39.3 Å². The number of nitrogens with zero attached hydrogens (tertiary/aromatic N) is 2. The summed E-state index contributed by atoms with van der Waals surface area (Å²) in [4.78, 5) is 17.2. The number of hydrogen-bond acceptors (Lipinski definition) is 3. The highest BCUT2D eigenvalue weighted by molar-refractivity contribution is 5.82. The lowest BCUT2D eigenvalue weighted by Gasteiger charge is -2.44. The summed E-state index contributed by atoms with van der Waals surface area (Å²) in [5, 5.41) is 3.32. The zero-order chi connectivity index (χ0) is 12.6. The topological polar surface area (TPSA) is 35.6 Å². The Morgan fingerprint density at radius 2 is 1.72 bits per heavy atom. The molecule has 0 bridgehead atoms. The van der Waals surface area contributed by atoms with Crippen molar-refractivity contribution in [2.45, 2.75) is 38.6 Å². The highest BCUT2D eigenvalue weighted by atomic mass is 16.2. The van der Waals surface area contributed by atoms with Crippen LogP contribution in [0.15, 0.2) is 0 Å². The van der Waals surface area contributed by atoms with Crippen molar-refractivity contribution >= 4 is 5.91 Å². The summed E-state index contributed by atoms with van der Waals surface area (Å²) < 4.78 is 0. The van der Waals surface area contributed by atoms with Crippen LogP contribution in [-0.2, 0) is 4.79 Å². The third-order valence-corrected chi connectivity index (χ3v) is 5.10. The SMILES string of the molecule is CC1(C(=O)N2CCN(C3CNC3)CC2)CCCC1. The van der Waals surface area contributed by atoms with E-state index >= 15 is 0 Å². The maximum absolute atomic E-state index is 12.6. The molecule has 0 aromatic rings. The van der Waals surface area contributed by atoms with E-state index in [1.54, 1.807) is 0 Å². The minimum absolute atomic E-state index is 0.0415. The van der Waals surface area contributed by atoms with Crippen molar-refractivity contribution in [3.05, 3.63) is 0 Å². The Balaban J connectivity index is 1.54. The van der Waals surface area contributed by atoms with Crippen LogP contribution in [0, 0.1) is 5.41 Å².